The molecule has 188 valence electrons. The molecular weight excluding hydrogens is 469 g/mol. The van der Waals surface area contributed by atoms with Crippen LogP contribution in [0.5, 0.6) is 5.75 Å². The van der Waals surface area contributed by atoms with Crippen molar-refractivity contribution < 1.29 is 23.5 Å². The maximum atomic E-state index is 13.9. The topological polar surface area (TPSA) is 71.1 Å². The SMILES string of the molecule is COc1cc2c(cc1NC(=S)N(C)C)CCC(C(=O)OC(C)(C)C)C(=O)N2Cc1cccc(F)c1. The van der Waals surface area contributed by atoms with E-state index in [2.05, 4.69) is 5.32 Å². The summed E-state index contributed by atoms with van der Waals surface area (Å²) in [6.45, 7) is 5.39. The lowest BCUT2D eigenvalue weighted by Crippen LogP contribution is -2.41. The van der Waals surface area contributed by atoms with E-state index in [1.807, 2.05) is 20.2 Å². The molecule has 1 aliphatic rings. The summed E-state index contributed by atoms with van der Waals surface area (Å²) in [6, 6.07) is 9.70. The molecule has 2 aromatic rings. The molecule has 1 unspecified atom stereocenters. The number of benzene rings is 2. The fourth-order valence-electron chi connectivity index (χ4n) is 3.86. The van der Waals surface area contributed by atoms with Crippen molar-refractivity contribution in [1.29, 1.82) is 0 Å². The molecule has 1 N–H and O–H groups in total. The van der Waals surface area contributed by atoms with Gasteiger partial charge in [-0.1, -0.05) is 12.1 Å². The third kappa shape index (κ3) is 6.48. The first kappa shape index (κ1) is 26.4. The van der Waals surface area contributed by atoms with Crippen LogP contribution in [0, 0.1) is 11.7 Å². The molecule has 0 aliphatic carbocycles. The average molecular weight is 502 g/mol. The molecule has 1 atom stereocenters. The first-order valence-corrected chi connectivity index (χ1v) is 11.8. The van der Waals surface area contributed by atoms with E-state index < -0.39 is 29.2 Å². The number of esters is 1. The average Bonchev–Trinajstić information content (AvgIpc) is 2.88. The summed E-state index contributed by atoms with van der Waals surface area (Å²) in [5, 5.41) is 3.66. The molecule has 0 spiro atoms. The van der Waals surface area contributed by atoms with Crippen molar-refractivity contribution in [2.75, 3.05) is 31.4 Å². The van der Waals surface area contributed by atoms with Crippen molar-refractivity contribution in [3.05, 3.63) is 53.3 Å². The van der Waals surface area contributed by atoms with Crippen LogP contribution in [0.2, 0.25) is 0 Å². The second-order valence-corrected chi connectivity index (χ2v) is 10.1. The molecule has 35 heavy (non-hydrogen) atoms. The molecule has 9 heteroatoms. The number of halogens is 1. The van der Waals surface area contributed by atoms with Crippen LogP contribution in [0.3, 0.4) is 0 Å². The van der Waals surface area contributed by atoms with E-state index in [0.29, 0.717) is 34.2 Å². The molecule has 1 aliphatic heterocycles. The second-order valence-electron chi connectivity index (χ2n) is 9.68. The van der Waals surface area contributed by atoms with Crippen molar-refractivity contribution in [3.63, 3.8) is 0 Å². The van der Waals surface area contributed by atoms with Crippen LogP contribution in [0.1, 0.15) is 38.3 Å². The Bertz CT molecular complexity index is 1130. The van der Waals surface area contributed by atoms with Gasteiger partial charge in [0.15, 0.2) is 5.11 Å². The highest BCUT2D eigenvalue weighted by Crippen LogP contribution is 2.39. The Hall–Kier alpha value is -3.20. The number of rotatable bonds is 5. The fraction of sp³-hybridized carbons (Fsp3) is 0.423. The van der Waals surface area contributed by atoms with Crippen LogP contribution in [0.15, 0.2) is 36.4 Å². The predicted molar refractivity (Wildman–Crippen MR) is 138 cm³/mol. The van der Waals surface area contributed by atoms with Crippen molar-refractivity contribution in [2.24, 2.45) is 5.92 Å². The lowest BCUT2D eigenvalue weighted by Gasteiger charge is -2.28. The van der Waals surface area contributed by atoms with E-state index >= 15 is 0 Å². The summed E-state index contributed by atoms with van der Waals surface area (Å²) in [5.74, 6) is -1.86. The quantitative estimate of drug-likeness (QED) is 0.367. The van der Waals surface area contributed by atoms with E-state index in [0.717, 1.165) is 5.56 Å². The minimum absolute atomic E-state index is 0.0922. The van der Waals surface area contributed by atoms with E-state index in [4.69, 9.17) is 21.7 Å². The van der Waals surface area contributed by atoms with Crippen molar-refractivity contribution in [1.82, 2.24) is 4.90 Å². The first-order chi connectivity index (χ1) is 16.4. The zero-order valence-corrected chi connectivity index (χ0v) is 21.8. The lowest BCUT2D eigenvalue weighted by molar-refractivity contribution is -0.162. The van der Waals surface area contributed by atoms with Crippen molar-refractivity contribution >= 4 is 40.6 Å². The normalized spacial score (nSPS) is 15.7. The molecule has 0 saturated carbocycles. The van der Waals surface area contributed by atoms with Gasteiger partial charge < -0.3 is 24.6 Å². The highest BCUT2D eigenvalue weighted by atomic mass is 32.1. The number of thiocarbonyl (C=S) groups is 1. The van der Waals surface area contributed by atoms with Gasteiger partial charge in [-0.05, 0) is 75.2 Å². The zero-order valence-electron chi connectivity index (χ0n) is 21.0. The molecule has 2 aromatic carbocycles. The highest BCUT2D eigenvalue weighted by molar-refractivity contribution is 7.80. The maximum Gasteiger partial charge on any atom is 0.319 e. The number of nitrogens with one attached hydrogen (secondary N) is 1. The number of anilines is 2. The number of hydrogen-bond acceptors (Lipinski definition) is 5. The molecule has 0 fully saturated rings. The summed E-state index contributed by atoms with van der Waals surface area (Å²) in [6.07, 6.45) is 0.738. The smallest absolute Gasteiger partial charge is 0.319 e. The second kappa shape index (κ2) is 10.6. The van der Waals surface area contributed by atoms with Crippen LogP contribution in [-0.2, 0) is 27.3 Å². The summed E-state index contributed by atoms with van der Waals surface area (Å²) in [5.41, 5.74) is 1.96. The van der Waals surface area contributed by atoms with E-state index in [-0.39, 0.29) is 13.0 Å². The van der Waals surface area contributed by atoms with Crippen LogP contribution in [0.25, 0.3) is 0 Å². The predicted octanol–water partition coefficient (Wildman–Crippen LogP) is 4.53. The Kier molecular flexibility index (Phi) is 8.00. The van der Waals surface area contributed by atoms with Gasteiger partial charge in [-0.25, -0.2) is 4.39 Å². The third-order valence-corrected chi connectivity index (χ3v) is 5.99. The molecule has 0 radical (unpaired) electrons. The molecule has 1 heterocycles. The monoisotopic (exact) mass is 501 g/mol. The number of aryl methyl sites for hydroxylation is 1. The highest BCUT2D eigenvalue weighted by Gasteiger charge is 2.38. The first-order valence-electron chi connectivity index (χ1n) is 11.4. The summed E-state index contributed by atoms with van der Waals surface area (Å²) in [7, 11) is 5.19. The van der Waals surface area contributed by atoms with E-state index in [1.54, 1.807) is 43.9 Å². The van der Waals surface area contributed by atoms with Crippen LogP contribution in [-0.4, -0.2) is 48.7 Å². The molecular formula is C26H32FN3O4S. The number of methoxy groups -OCH3 is 1. The minimum atomic E-state index is -0.986. The van der Waals surface area contributed by atoms with Gasteiger partial charge in [-0.15, -0.1) is 0 Å². The number of carbonyl (C=O) groups is 2. The van der Waals surface area contributed by atoms with E-state index in [1.165, 1.54) is 24.1 Å². The largest absolute Gasteiger partial charge is 0.494 e. The number of carbonyl (C=O) groups excluding carboxylic acids is 2. The number of amides is 1. The van der Waals surface area contributed by atoms with Gasteiger partial charge in [-0.2, -0.15) is 0 Å². The van der Waals surface area contributed by atoms with Gasteiger partial charge in [0, 0.05) is 20.2 Å². The fourth-order valence-corrected chi connectivity index (χ4v) is 3.97. The minimum Gasteiger partial charge on any atom is -0.494 e. The van der Waals surface area contributed by atoms with Crippen molar-refractivity contribution in [3.8, 4) is 5.75 Å². The molecule has 3 rings (SSSR count). The summed E-state index contributed by atoms with van der Waals surface area (Å²) >= 11 is 5.39. The molecule has 0 bridgehead atoms. The van der Waals surface area contributed by atoms with Crippen LogP contribution >= 0.6 is 12.2 Å². The molecule has 7 nitrogen and oxygen atoms in total. The Labute approximate surface area is 211 Å². The zero-order chi connectivity index (χ0) is 25.9. The van der Waals surface area contributed by atoms with E-state index in [9.17, 15) is 14.0 Å². The Morgan fingerprint density at radius 2 is 1.97 bits per heavy atom. The van der Waals surface area contributed by atoms with Gasteiger partial charge >= 0.3 is 5.97 Å². The Morgan fingerprint density at radius 3 is 2.57 bits per heavy atom. The third-order valence-electron chi connectivity index (χ3n) is 5.53. The molecule has 0 saturated heterocycles. The lowest BCUT2D eigenvalue weighted by atomic mass is 9.99. The summed E-state index contributed by atoms with van der Waals surface area (Å²) in [4.78, 5) is 30.0. The van der Waals surface area contributed by atoms with Crippen molar-refractivity contribution in [2.45, 2.75) is 45.8 Å². The van der Waals surface area contributed by atoms with Crippen LogP contribution < -0.4 is 15.0 Å². The van der Waals surface area contributed by atoms with Gasteiger partial charge in [0.25, 0.3) is 0 Å². The van der Waals surface area contributed by atoms with Gasteiger partial charge in [-0.3, -0.25) is 9.59 Å². The van der Waals surface area contributed by atoms with Gasteiger partial charge in [0.1, 0.15) is 23.1 Å². The number of nitrogens with zero attached hydrogens (tertiary/aromatic N) is 2. The number of fused-ring (bicyclic) bond motifs is 1. The van der Waals surface area contributed by atoms with Crippen LogP contribution in [0.4, 0.5) is 15.8 Å². The van der Waals surface area contributed by atoms with Gasteiger partial charge in [0.05, 0.1) is 25.0 Å². The number of hydrogen-bond donors (Lipinski definition) is 1. The molecule has 0 aromatic heterocycles. The van der Waals surface area contributed by atoms with Gasteiger partial charge in [0.2, 0.25) is 5.91 Å². The number of ether oxygens (including phenoxy) is 2. The Morgan fingerprint density at radius 1 is 1.26 bits per heavy atom. The summed E-state index contributed by atoms with van der Waals surface area (Å²) < 4.78 is 25.1. The maximum absolute atomic E-state index is 13.9. The standard InChI is InChI=1S/C26H32FN3O4S/c1-26(2,3)34-24(32)19-11-10-17-13-20(28-25(35)29(4)5)22(33-6)14-21(17)30(23(19)31)15-16-8-7-9-18(27)12-16/h7-9,12-14,19H,10-11,15H2,1-6H3,(H,28,35). The molecule has 1 amide bonds. The Balaban J connectivity index is 2.08.